The van der Waals surface area contributed by atoms with Crippen LogP contribution in [0.5, 0.6) is 5.75 Å². The molecule has 1 aromatic heterocycles. The molecule has 0 saturated heterocycles. The SMILES string of the molecule is CCNCCc1ccc(Cn2c(-c3ccccc3C(F)(F)F)c(F)c3cc(O)ccc32)cc1. The van der Waals surface area contributed by atoms with Crippen LogP contribution in [0.1, 0.15) is 23.6 Å². The molecule has 0 aliphatic heterocycles. The zero-order valence-electron chi connectivity index (χ0n) is 18.1. The molecule has 0 aliphatic rings. The Labute approximate surface area is 189 Å². The molecule has 0 aliphatic carbocycles. The number of halogens is 4. The molecule has 0 spiro atoms. The van der Waals surface area contributed by atoms with Crippen molar-refractivity contribution in [3.8, 4) is 17.0 Å². The Balaban J connectivity index is 1.82. The molecule has 33 heavy (non-hydrogen) atoms. The number of rotatable bonds is 7. The number of alkyl halides is 3. The monoisotopic (exact) mass is 456 g/mol. The van der Waals surface area contributed by atoms with Gasteiger partial charge in [0.05, 0.1) is 16.8 Å². The van der Waals surface area contributed by atoms with E-state index < -0.39 is 17.6 Å². The lowest BCUT2D eigenvalue weighted by Gasteiger charge is -2.16. The molecular weight excluding hydrogens is 432 g/mol. The van der Waals surface area contributed by atoms with Crippen molar-refractivity contribution in [1.29, 1.82) is 0 Å². The van der Waals surface area contributed by atoms with E-state index in [1.807, 2.05) is 31.2 Å². The summed E-state index contributed by atoms with van der Waals surface area (Å²) in [6, 6.07) is 16.9. The Morgan fingerprint density at radius 1 is 0.939 bits per heavy atom. The average Bonchev–Trinajstić information content (AvgIpc) is 3.05. The summed E-state index contributed by atoms with van der Waals surface area (Å²) in [5.41, 5.74) is 1.08. The molecule has 172 valence electrons. The molecule has 3 aromatic carbocycles. The summed E-state index contributed by atoms with van der Waals surface area (Å²) in [6.45, 7) is 3.96. The van der Waals surface area contributed by atoms with Crippen LogP contribution in [0.15, 0.2) is 66.7 Å². The fraction of sp³-hybridized carbons (Fsp3) is 0.231. The maximum atomic E-state index is 15.6. The smallest absolute Gasteiger partial charge is 0.417 e. The number of fused-ring (bicyclic) bond motifs is 1. The number of nitrogens with zero attached hydrogens (tertiary/aromatic N) is 1. The molecule has 7 heteroatoms. The van der Waals surface area contributed by atoms with E-state index in [1.165, 1.54) is 36.4 Å². The molecule has 3 nitrogen and oxygen atoms in total. The van der Waals surface area contributed by atoms with Crippen molar-refractivity contribution in [3.63, 3.8) is 0 Å². The van der Waals surface area contributed by atoms with Crippen molar-refractivity contribution in [1.82, 2.24) is 9.88 Å². The summed E-state index contributed by atoms with van der Waals surface area (Å²) in [6.07, 6.45) is -3.78. The van der Waals surface area contributed by atoms with Gasteiger partial charge in [0.1, 0.15) is 5.75 Å². The number of aromatic nitrogens is 1. The molecule has 0 bridgehead atoms. The fourth-order valence-corrected chi connectivity index (χ4v) is 4.07. The molecule has 2 N–H and O–H groups in total. The number of phenols is 1. The van der Waals surface area contributed by atoms with E-state index in [4.69, 9.17) is 0 Å². The Kier molecular flexibility index (Phi) is 6.42. The van der Waals surface area contributed by atoms with Gasteiger partial charge < -0.3 is 15.0 Å². The van der Waals surface area contributed by atoms with Crippen LogP contribution in [0.2, 0.25) is 0 Å². The third kappa shape index (κ3) is 4.73. The standard InChI is InChI=1S/C26H24F4N2O/c1-2-31-14-13-17-7-9-18(10-8-17)16-32-23-12-11-19(33)15-21(23)24(27)25(32)20-5-3-4-6-22(20)26(28,29)30/h3-12,15,31,33H,2,13-14,16H2,1H3. The summed E-state index contributed by atoms with van der Waals surface area (Å²) in [5.74, 6) is -0.945. The van der Waals surface area contributed by atoms with Gasteiger partial charge in [-0.05, 0) is 54.9 Å². The highest BCUT2D eigenvalue weighted by Gasteiger charge is 2.35. The molecule has 0 saturated carbocycles. The molecule has 4 rings (SSSR count). The van der Waals surface area contributed by atoms with E-state index in [1.54, 1.807) is 4.57 Å². The Morgan fingerprint density at radius 3 is 2.33 bits per heavy atom. The highest BCUT2D eigenvalue weighted by Crippen LogP contribution is 2.41. The van der Waals surface area contributed by atoms with Gasteiger partial charge in [0.2, 0.25) is 0 Å². The third-order valence-corrected chi connectivity index (χ3v) is 5.68. The van der Waals surface area contributed by atoms with Gasteiger partial charge in [0.25, 0.3) is 0 Å². The van der Waals surface area contributed by atoms with Crippen LogP contribution in [-0.4, -0.2) is 22.8 Å². The molecule has 1 heterocycles. The predicted molar refractivity (Wildman–Crippen MR) is 122 cm³/mol. The molecule has 0 radical (unpaired) electrons. The van der Waals surface area contributed by atoms with E-state index in [2.05, 4.69) is 5.32 Å². The second kappa shape index (κ2) is 9.27. The van der Waals surface area contributed by atoms with Gasteiger partial charge in [0, 0.05) is 17.5 Å². The number of hydrogen-bond donors (Lipinski definition) is 2. The molecular formula is C26H24F4N2O. The minimum Gasteiger partial charge on any atom is -0.508 e. The van der Waals surface area contributed by atoms with Crippen molar-refractivity contribution < 1.29 is 22.7 Å². The Morgan fingerprint density at radius 2 is 1.64 bits per heavy atom. The van der Waals surface area contributed by atoms with Crippen LogP contribution in [0.3, 0.4) is 0 Å². The zero-order valence-corrected chi connectivity index (χ0v) is 18.1. The van der Waals surface area contributed by atoms with E-state index >= 15 is 4.39 Å². The quantitative estimate of drug-likeness (QED) is 0.250. The van der Waals surface area contributed by atoms with Crippen LogP contribution < -0.4 is 5.32 Å². The van der Waals surface area contributed by atoms with Crippen molar-refractivity contribution in [2.75, 3.05) is 13.1 Å². The molecule has 0 unspecified atom stereocenters. The van der Waals surface area contributed by atoms with E-state index in [0.29, 0.717) is 5.52 Å². The molecule has 4 aromatic rings. The number of aromatic hydroxyl groups is 1. The highest BCUT2D eigenvalue weighted by atomic mass is 19.4. The summed E-state index contributed by atoms with van der Waals surface area (Å²) in [4.78, 5) is 0. The van der Waals surface area contributed by atoms with Crippen LogP contribution in [-0.2, 0) is 19.1 Å². The number of phenolic OH excluding ortho intramolecular Hbond substituents is 1. The zero-order chi connectivity index (χ0) is 23.6. The number of benzene rings is 3. The Bertz CT molecular complexity index is 1260. The van der Waals surface area contributed by atoms with Gasteiger partial charge in [0.15, 0.2) is 5.82 Å². The van der Waals surface area contributed by atoms with Crippen molar-refractivity contribution in [3.05, 3.63) is 89.2 Å². The number of likely N-dealkylation sites (N-methyl/N-ethyl adjacent to an activating group) is 1. The molecule has 0 amide bonds. The summed E-state index contributed by atoms with van der Waals surface area (Å²) < 4.78 is 58.3. The third-order valence-electron chi connectivity index (χ3n) is 5.68. The minimum atomic E-state index is -4.64. The fourth-order valence-electron chi connectivity index (χ4n) is 4.07. The van der Waals surface area contributed by atoms with Gasteiger partial charge in [-0.2, -0.15) is 13.2 Å². The average molecular weight is 456 g/mol. The van der Waals surface area contributed by atoms with Gasteiger partial charge >= 0.3 is 6.18 Å². The first-order valence-corrected chi connectivity index (χ1v) is 10.8. The number of hydrogen-bond acceptors (Lipinski definition) is 2. The lowest BCUT2D eigenvalue weighted by Crippen LogP contribution is -2.16. The van der Waals surface area contributed by atoms with Crippen LogP contribution >= 0.6 is 0 Å². The first-order valence-electron chi connectivity index (χ1n) is 10.8. The lowest BCUT2D eigenvalue weighted by molar-refractivity contribution is -0.137. The first kappa shape index (κ1) is 22.9. The van der Waals surface area contributed by atoms with Crippen LogP contribution in [0, 0.1) is 5.82 Å². The molecule has 0 atom stereocenters. The summed E-state index contributed by atoms with van der Waals surface area (Å²) in [5, 5.41) is 13.2. The van der Waals surface area contributed by atoms with Crippen LogP contribution in [0.25, 0.3) is 22.2 Å². The lowest BCUT2D eigenvalue weighted by atomic mass is 10.0. The maximum absolute atomic E-state index is 15.6. The maximum Gasteiger partial charge on any atom is 0.417 e. The Hall–Kier alpha value is -3.32. The van der Waals surface area contributed by atoms with Crippen molar-refractivity contribution in [2.45, 2.75) is 26.1 Å². The van der Waals surface area contributed by atoms with Gasteiger partial charge in [-0.25, -0.2) is 4.39 Å². The van der Waals surface area contributed by atoms with E-state index in [-0.39, 0.29) is 28.9 Å². The van der Waals surface area contributed by atoms with E-state index in [9.17, 15) is 18.3 Å². The highest BCUT2D eigenvalue weighted by molar-refractivity contribution is 5.90. The number of nitrogens with one attached hydrogen (secondary N) is 1. The predicted octanol–water partition coefficient (Wildman–Crippen LogP) is 6.37. The second-order valence-electron chi connectivity index (χ2n) is 7.91. The van der Waals surface area contributed by atoms with Crippen LogP contribution in [0.4, 0.5) is 17.6 Å². The summed E-state index contributed by atoms with van der Waals surface area (Å²) >= 11 is 0. The largest absolute Gasteiger partial charge is 0.508 e. The van der Waals surface area contributed by atoms with E-state index in [0.717, 1.165) is 36.7 Å². The van der Waals surface area contributed by atoms with Gasteiger partial charge in [-0.15, -0.1) is 0 Å². The van der Waals surface area contributed by atoms with Gasteiger partial charge in [-0.3, -0.25) is 0 Å². The first-order chi connectivity index (χ1) is 15.8. The second-order valence-corrected chi connectivity index (χ2v) is 7.91. The van der Waals surface area contributed by atoms with Crippen molar-refractivity contribution >= 4 is 10.9 Å². The normalized spacial score (nSPS) is 11.9. The van der Waals surface area contributed by atoms with Crippen molar-refractivity contribution in [2.24, 2.45) is 0 Å². The molecule has 0 fully saturated rings. The summed E-state index contributed by atoms with van der Waals surface area (Å²) in [7, 11) is 0. The van der Waals surface area contributed by atoms with Gasteiger partial charge in [-0.1, -0.05) is 49.4 Å². The topological polar surface area (TPSA) is 37.2 Å². The minimum absolute atomic E-state index is 0.0734.